The molecule has 164 valence electrons. The Labute approximate surface area is 180 Å². The number of aromatic nitrogens is 5. The molecule has 1 saturated heterocycles. The predicted octanol–water partition coefficient (Wildman–Crippen LogP) is 3.03. The minimum Gasteiger partial charge on any atom is -0.481 e. The summed E-state index contributed by atoms with van der Waals surface area (Å²) < 4.78 is 12.6. The van der Waals surface area contributed by atoms with Gasteiger partial charge in [0.15, 0.2) is 5.82 Å². The molecular weight excluding hydrogens is 398 g/mol. The van der Waals surface area contributed by atoms with E-state index < -0.39 is 5.60 Å². The van der Waals surface area contributed by atoms with Crippen LogP contribution in [0.2, 0.25) is 0 Å². The van der Waals surface area contributed by atoms with E-state index in [1.165, 1.54) is 0 Å². The number of rotatable bonds is 4. The number of piperidine rings is 1. The Bertz CT molecular complexity index is 1080. The van der Waals surface area contributed by atoms with Crippen LogP contribution >= 0.6 is 0 Å². The average Bonchev–Trinajstić information content (AvgIpc) is 3.16. The first-order chi connectivity index (χ1) is 14.8. The number of likely N-dealkylation sites (tertiary alicyclic amines) is 1. The fourth-order valence-electron chi connectivity index (χ4n) is 3.53. The van der Waals surface area contributed by atoms with Crippen LogP contribution in [0, 0.1) is 0 Å². The SMILES string of the molecule is COc1cc2c(cn1)ncn2-c1cncc(NC2CCCN(C(=O)OC(C)(C)C)C2)n1. The van der Waals surface area contributed by atoms with Crippen molar-refractivity contribution in [1.82, 2.24) is 29.4 Å². The lowest BCUT2D eigenvalue weighted by Crippen LogP contribution is -2.47. The summed E-state index contributed by atoms with van der Waals surface area (Å²) in [6.45, 7) is 6.86. The number of ether oxygens (including phenoxy) is 2. The second-order valence-electron chi connectivity index (χ2n) is 8.50. The van der Waals surface area contributed by atoms with Crippen molar-refractivity contribution >= 4 is 22.9 Å². The molecule has 10 nitrogen and oxygen atoms in total. The monoisotopic (exact) mass is 425 g/mol. The molecule has 4 rings (SSSR count). The summed E-state index contributed by atoms with van der Waals surface area (Å²) in [6, 6.07) is 1.87. The topological polar surface area (TPSA) is 107 Å². The fraction of sp³-hybridized carbons (Fsp3) is 0.476. The zero-order valence-electron chi connectivity index (χ0n) is 18.2. The van der Waals surface area contributed by atoms with E-state index >= 15 is 0 Å². The molecule has 1 unspecified atom stereocenters. The highest BCUT2D eigenvalue weighted by Gasteiger charge is 2.27. The molecule has 0 spiro atoms. The number of nitrogens with one attached hydrogen (secondary N) is 1. The molecule has 1 amide bonds. The Morgan fingerprint density at radius 3 is 2.84 bits per heavy atom. The van der Waals surface area contributed by atoms with Crippen molar-refractivity contribution in [2.24, 2.45) is 0 Å². The van der Waals surface area contributed by atoms with Gasteiger partial charge in [0.05, 0.1) is 31.2 Å². The smallest absolute Gasteiger partial charge is 0.410 e. The van der Waals surface area contributed by atoms with E-state index in [4.69, 9.17) is 14.5 Å². The number of imidazole rings is 1. The summed E-state index contributed by atoms with van der Waals surface area (Å²) in [5.41, 5.74) is 1.05. The molecule has 0 radical (unpaired) electrons. The van der Waals surface area contributed by atoms with Crippen molar-refractivity contribution < 1.29 is 14.3 Å². The van der Waals surface area contributed by atoms with Crippen LogP contribution < -0.4 is 10.1 Å². The maximum atomic E-state index is 12.4. The van der Waals surface area contributed by atoms with E-state index in [0.29, 0.717) is 30.6 Å². The van der Waals surface area contributed by atoms with Crippen molar-refractivity contribution in [3.8, 4) is 11.7 Å². The third-order valence-electron chi connectivity index (χ3n) is 4.91. The van der Waals surface area contributed by atoms with Gasteiger partial charge >= 0.3 is 6.09 Å². The zero-order valence-corrected chi connectivity index (χ0v) is 18.2. The van der Waals surface area contributed by atoms with E-state index in [-0.39, 0.29) is 12.1 Å². The summed E-state index contributed by atoms with van der Waals surface area (Å²) in [4.78, 5) is 31.7. The highest BCUT2D eigenvalue weighted by atomic mass is 16.6. The predicted molar refractivity (Wildman–Crippen MR) is 115 cm³/mol. The Hall–Kier alpha value is -3.43. The maximum Gasteiger partial charge on any atom is 0.410 e. The first-order valence-electron chi connectivity index (χ1n) is 10.3. The van der Waals surface area contributed by atoms with Gasteiger partial charge in [0.25, 0.3) is 0 Å². The molecule has 1 atom stereocenters. The van der Waals surface area contributed by atoms with E-state index in [1.807, 2.05) is 31.4 Å². The minimum absolute atomic E-state index is 0.0645. The maximum absolute atomic E-state index is 12.4. The molecule has 1 N–H and O–H groups in total. The van der Waals surface area contributed by atoms with Crippen LogP contribution in [0.25, 0.3) is 16.9 Å². The van der Waals surface area contributed by atoms with Crippen LogP contribution in [0.3, 0.4) is 0 Å². The molecule has 1 aliphatic rings. The quantitative estimate of drug-likeness (QED) is 0.680. The normalized spacial score (nSPS) is 16.9. The average molecular weight is 425 g/mol. The van der Waals surface area contributed by atoms with Gasteiger partial charge in [0.1, 0.15) is 23.3 Å². The lowest BCUT2D eigenvalue weighted by Gasteiger charge is -2.34. The number of amides is 1. The molecule has 3 aromatic rings. The Kier molecular flexibility index (Phi) is 5.62. The lowest BCUT2D eigenvalue weighted by molar-refractivity contribution is 0.0206. The summed E-state index contributed by atoms with van der Waals surface area (Å²) >= 11 is 0. The van der Waals surface area contributed by atoms with E-state index in [1.54, 1.807) is 36.9 Å². The van der Waals surface area contributed by atoms with Gasteiger partial charge in [-0.25, -0.2) is 19.7 Å². The molecule has 31 heavy (non-hydrogen) atoms. The first-order valence-corrected chi connectivity index (χ1v) is 10.3. The second-order valence-corrected chi connectivity index (χ2v) is 8.50. The van der Waals surface area contributed by atoms with E-state index in [9.17, 15) is 4.79 Å². The number of carbonyl (C=O) groups excluding carboxylic acids is 1. The fourth-order valence-corrected chi connectivity index (χ4v) is 3.53. The number of fused-ring (bicyclic) bond motifs is 1. The van der Waals surface area contributed by atoms with Gasteiger partial charge in [-0.05, 0) is 33.6 Å². The molecule has 0 saturated carbocycles. The Morgan fingerprint density at radius 2 is 2.06 bits per heavy atom. The largest absolute Gasteiger partial charge is 0.481 e. The summed E-state index contributed by atoms with van der Waals surface area (Å²) in [7, 11) is 1.57. The van der Waals surface area contributed by atoms with Crippen LogP contribution in [0.1, 0.15) is 33.6 Å². The van der Waals surface area contributed by atoms with Crippen LogP contribution in [0.4, 0.5) is 10.6 Å². The second kappa shape index (κ2) is 8.37. The third-order valence-corrected chi connectivity index (χ3v) is 4.91. The summed E-state index contributed by atoms with van der Waals surface area (Å²) in [5.74, 6) is 1.76. The Morgan fingerprint density at radius 1 is 1.23 bits per heavy atom. The van der Waals surface area contributed by atoms with Crippen LogP contribution in [-0.2, 0) is 4.74 Å². The number of pyridine rings is 1. The summed E-state index contributed by atoms with van der Waals surface area (Å²) in [5, 5.41) is 3.41. The molecule has 0 aliphatic carbocycles. The Balaban J connectivity index is 1.50. The highest BCUT2D eigenvalue weighted by Crippen LogP contribution is 2.21. The summed E-state index contributed by atoms with van der Waals surface area (Å²) in [6.07, 6.45) is 8.24. The van der Waals surface area contributed by atoms with Crippen LogP contribution in [-0.4, -0.2) is 67.3 Å². The van der Waals surface area contributed by atoms with Gasteiger partial charge < -0.3 is 19.7 Å². The molecule has 0 bridgehead atoms. The van der Waals surface area contributed by atoms with E-state index in [0.717, 1.165) is 23.9 Å². The number of nitrogens with zero attached hydrogens (tertiary/aromatic N) is 6. The molecule has 4 heterocycles. The first kappa shape index (κ1) is 20.8. The van der Waals surface area contributed by atoms with Crippen LogP contribution in [0.15, 0.2) is 31.0 Å². The van der Waals surface area contributed by atoms with Crippen molar-refractivity contribution in [2.45, 2.75) is 45.3 Å². The van der Waals surface area contributed by atoms with Gasteiger partial charge in [-0.3, -0.25) is 9.55 Å². The number of carbonyl (C=O) groups is 1. The highest BCUT2D eigenvalue weighted by molar-refractivity contribution is 5.77. The molecule has 0 aromatic carbocycles. The van der Waals surface area contributed by atoms with Crippen molar-refractivity contribution in [3.05, 3.63) is 31.0 Å². The van der Waals surface area contributed by atoms with Gasteiger partial charge in [-0.15, -0.1) is 0 Å². The number of hydrogen-bond acceptors (Lipinski definition) is 8. The molecule has 3 aromatic heterocycles. The zero-order chi connectivity index (χ0) is 22.0. The molecular formula is C21H27N7O3. The van der Waals surface area contributed by atoms with Gasteiger partial charge in [-0.2, -0.15) is 0 Å². The van der Waals surface area contributed by atoms with Crippen molar-refractivity contribution in [1.29, 1.82) is 0 Å². The van der Waals surface area contributed by atoms with Gasteiger partial charge in [0, 0.05) is 25.2 Å². The molecule has 1 aliphatic heterocycles. The number of methoxy groups -OCH3 is 1. The van der Waals surface area contributed by atoms with Crippen molar-refractivity contribution in [2.75, 3.05) is 25.5 Å². The number of hydrogen-bond donors (Lipinski definition) is 1. The van der Waals surface area contributed by atoms with E-state index in [2.05, 4.69) is 20.3 Å². The molecule has 1 fully saturated rings. The lowest BCUT2D eigenvalue weighted by atomic mass is 10.1. The standard InChI is InChI=1S/C21H27N7O3/c1-21(2,3)31-20(29)27-7-5-6-14(12-27)25-17-10-22-11-18(26-17)28-13-24-15-9-23-19(30-4)8-16(15)28/h8-11,13-14H,5-7,12H2,1-4H3,(H,25,26). The van der Waals surface area contributed by atoms with Gasteiger partial charge in [0.2, 0.25) is 5.88 Å². The number of anilines is 1. The van der Waals surface area contributed by atoms with Crippen molar-refractivity contribution in [3.63, 3.8) is 0 Å². The minimum atomic E-state index is -0.511. The molecule has 10 heteroatoms. The third kappa shape index (κ3) is 4.84. The van der Waals surface area contributed by atoms with Gasteiger partial charge in [-0.1, -0.05) is 0 Å². The van der Waals surface area contributed by atoms with Crippen LogP contribution in [0.5, 0.6) is 5.88 Å².